The molecule has 158 valence electrons. The van der Waals surface area contributed by atoms with Crippen molar-refractivity contribution in [3.8, 4) is 0 Å². The smallest absolute Gasteiger partial charge is 0.338 e. The standard InChI is InChI=1S/C21H35N2O4P/c1-5-9-16-26-28(25,27-17-10-6-2)18-20(23(7-3)8-4)22-21(24)19-14-12-11-13-15-19/h11-15H,5-10,16-18H2,1-4H3. The van der Waals surface area contributed by atoms with E-state index in [1.54, 1.807) is 24.3 Å². The second kappa shape index (κ2) is 13.6. The highest BCUT2D eigenvalue weighted by Crippen LogP contribution is 2.48. The molecule has 0 radical (unpaired) electrons. The molecule has 1 aromatic rings. The van der Waals surface area contributed by atoms with Crippen molar-refractivity contribution in [2.75, 3.05) is 32.5 Å². The van der Waals surface area contributed by atoms with E-state index in [4.69, 9.17) is 9.05 Å². The number of rotatable bonds is 13. The van der Waals surface area contributed by atoms with Gasteiger partial charge in [0.25, 0.3) is 5.91 Å². The topological polar surface area (TPSA) is 68.2 Å². The molecule has 0 heterocycles. The molecule has 0 saturated carbocycles. The SMILES string of the molecule is CCCCOP(=O)(CC(=NC(=O)c1ccccc1)N(CC)CC)OCCCC. The Morgan fingerprint density at radius 1 is 0.964 bits per heavy atom. The van der Waals surface area contributed by atoms with Crippen LogP contribution in [-0.2, 0) is 13.6 Å². The van der Waals surface area contributed by atoms with Gasteiger partial charge >= 0.3 is 7.60 Å². The Kier molecular flexibility index (Phi) is 12.0. The van der Waals surface area contributed by atoms with E-state index in [9.17, 15) is 9.36 Å². The molecule has 7 heteroatoms. The van der Waals surface area contributed by atoms with Crippen molar-refractivity contribution in [3.63, 3.8) is 0 Å². The molecule has 28 heavy (non-hydrogen) atoms. The van der Waals surface area contributed by atoms with Crippen LogP contribution in [-0.4, -0.2) is 49.1 Å². The minimum absolute atomic E-state index is 0.000677. The van der Waals surface area contributed by atoms with Crippen LogP contribution in [0.1, 0.15) is 63.7 Å². The maximum atomic E-state index is 13.4. The Morgan fingerprint density at radius 3 is 1.96 bits per heavy atom. The fourth-order valence-electron chi connectivity index (χ4n) is 2.55. The summed E-state index contributed by atoms with van der Waals surface area (Å²) in [5.41, 5.74) is 0.501. The molecule has 0 aliphatic heterocycles. The molecule has 0 unspecified atom stereocenters. The van der Waals surface area contributed by atoms with E-state index < -0.39 is 7.60 Å². The minimum Gasteiger partial charge on any atom is -0.360 e. The summed E-state index contributed by atoms with van der Waals surface area (Å²) < 4.78 is 24.7. The molecule has 0 fully saturated rings. The fraction of sp³-hybridized carbons (Fsp3) is 0.619. The largest absolute Gasteiger partial charge is 0.360 e. The number of carbonyl (C=O) groups excluding carboxylic acids is 1. The first-order valence-corrected chi connectivity index (χ1v) is 12.0. The van der Waals surface area contributed by atoms with Crippen LogP contribution in [0.4, 0.5) is 0 Å². The lowest BCUT2D eigenvalue weighted by Gasteiger charge is -2.26. The third kappa shape index (κ3) is 8.68. The van der Waals surface area contributed by atoms with Gasteiger partial charge in [0.05, 0.1) is 13.2 Å². The van der Waals surface area contributed by atoms with Crippen LogP contribution in [0.3, 0.4) is 0 Å². The highest BCUT2D eigenvalue weighted by atomic mass is 31.2. The number of benzene rings is 1. The van der Waals surface area contributed by atoms with Gasteiger partial charge in [-0.3, -0.25) is 9.36 Å². The molecule has 0 N–H and O–H groups in total. The first-order chi connectivity index (χ1) is 13.5. The molecule has 1 aromatic carbocycles. The van der Waals surface area contributed by atoms with Crippen molar-refractivity contribution >= 4 is 19.3 Å². The van der Waals surface area contributed by atoms with E-state index in [0.29, 0.717) is 37.7 Å². The average Bonchev–Trinajstić information content (AvgIpc) is 2.70. The monoisotopic (exact) mass is 410 g/mol. The van der Waals surface area contributed by atoms with Crippen molar-refractivity contribution in [2.45, 2.75) is 53.4 Å². The maximum absolute atomic E-state index is 13.4. The van der Waals surface area contributed by atoms with Crippen molar-refractivity contribution in [2.24, 2.45) is 4.99 Å². The third-order valence-corrected chi connectivity index (χ3v) is 6.11. The van der Waals surface area contributed by atoms with Gasteiger partial charge in [-0.05, 0) is 38.8 Å². The molecule has 0 aromatic heterocycles. The van der Waals surface area contributed by atoms with Gasteiger partial charge < -0.3 is 13.9 Å². The number of amidine groups is 1. The predicted molar refractivity (Wildman–Crippen MR) is 115 cm³/mol. The second-order valence-corrected chi connectivity index (χ2v) is 8.57. The van der Waals surface area contributed by atoms with Crippen molar-refractivity contribution in [3.05, 3.63) is 35.9 Å². The number of nitrogens with zero attached hydrogens (tertiary/aromatic N) is 2. The Morgan fingerprint density at radius 2 is 1.50 bits per heavy atom. The summed E-state index contributed by atoms with van der Waals surface area (Å²) in [4.78, 5) is 18.8. The predicted octanol–water partition coefficient (Wildman–Crippen LogP) is 5.39. The Hall–Kier alpha value is -1.49. The number of unbranched alkanes of at least 4 members (excludes halogenated alkanes) is 2. The third-order valence-electron chi connectivity index (χ3n) is 4.29. The van der Waals surface area contributed by atoms with Crippen LogP contribution in [0.15, 0.2) is 35.3 Å². The van der Waals surface area contributed by atoms with E-state index in [0.717, 1.165) is 25.7 Å². The lowest BCUT2D eigenvalue weighted by Crippen LogP contribution is -2.34. The second-order valence-electron chi connectivity index (χ2n) is 6.51. The number of hydrogen-bond donors (Lipinski definition) is 0. The zero-order valence-electron chi connectivity index (χ0n) is 17.7. The minimum atomic E-state index is -3.39. The number of hydrogen-bond acceptors (Lipinski definition) is 4. The van der Waals surface area contributed by atoms with E-state index in [1.165, 1.54) is 0 Å². The Balaban J connectivity index is 3.09. The van der Waals surface area contributed by atoms with Gasteiger partial charge in [-0.2, -0.15) is 4.99 Å². The molecule has 0 saturated heterocycles. The first-order valence-electron chi connectivity index (χ1n) is 10.3. The van der Waals surface area contributed by atoms with Crippen LogP contribution in [0.2, 0.25) is 0 Å². The van der Waals surface area contributed by atoms with Gasteiger partial charge in [-0.15, -0.1) is 0 Å². The summed E-state index contributed by atoms with van der Waals surface area (Å²) in [5, 5.41) is 0. The van der Waals surface area contributed by atoms with E-state index in [1.807, 2.05) is 38.7 Å². The maximum Gasteiger partial charge on any atom is 0.338 e. The quantitative estimate of drug-likeness (QED) is 0.189. The molecular formula is C21H35N2O4P. The zero-order chi connectivity index (χ0) is 20.8. The summed E-state index contributed by atoms with van der Waals surface area (Å²) in [6.45, 7) is 10.1. The molecule has 1 amide bonds. The van der Waals surface area contributed by atoms with Gasteiger partial charge in [0.2, 0.25) is 0 Å². The number of carbonyl (C=O) groups is 1. The van der Waals surface area contributed by atoms with Crippen LogP contribution in [0.25, 0.3) is 0 Å². The van der Waals surface area contributed by atoms with Gasteiger partial charge in [0, 0.05) is 18.7 Å². The van der Waals surface area contributed by atoms with E-state index in [-0.39, 0.29) is 12.1 Å². The molecule has 0 aliphatic rings. The molecule has 0 bridgehead atoms. The average molecular weight is 410 g/mol. The number of amides is 1. The first kappa shape index (κ1) is 24.5. The molecule has 1 rings (SSSR count). The normalized spacial score (nSPS) is 12.2. The Bertz CT molecular complexity index is 631. The highest BCUT2D eigenvalue weighted by Gasteiger charge is 2.29. The van der Waals surface area contributed by atoms with E-state index >= 15 is 0 Å². The van der Waals surface area contributed by atoms with Crippen LogP contribution >= 0.6 is 7.60 Å². The Labute approximate surface area is 169 Å². The van der Waals surface area contributed by atoms with Crippen molar-refractivity contribution in [1.82, 2.24) is 4.90 Å². The molecule has 6 nitrogen and oxygen atoms in total. The van der Waals surface area contributed by atoms with Gasteiger partial charge in [0.15, 0.2) is 0 Å². The molecule has 0 aliphatic carbocycles. The van der Waals surface area contributed by atoms with Crippen molar-refractivity contribution < 1.29 is 18.4 Å². The molecular weight excluding hydrogens is 375 g/mol. The summed E-state index contributed by atoms with van der Waals surface area (Å²) in [7, 11) is -3.39. The van der Waals surface area contributed by atoms with Gasteiger partial charge in [-0.1, -0.05) is 44.9 Å². The van der Waals surface area contributed by atoms with Crippen molar-refractivity contribution in [1.29, 1.82) is 0 Å². The number of aliphatic imine (C=N–C) groups is 1. The van der Waals surface area contributed by atoms with Crippen LogP contribution in [0.5, 0.6) is 0 Å². The molecule has 0 spiro atoms. The highest BCUT2D eigenvalue weighted by molar-refractivity contribution is 7.54. The van der Waals surface area contributed by atoms with Gasteiger partial charge in [0.1, 0.15) is 12.0 Å². The van der Waals surface area contributed by atoms with Gasteiger partial charge in [-0.25, -0.2) is 0 Å². The summed E-state index contributed by atoms with van der Waals surface area (Å²) >= 11 is 0. The zero-order valence-corrected chi connectivity index (χ0v) is 18.6. The lowest BCUT2D eigenvalue weighted by molar-refractivity contribution is 0.100. The lowest BCUT2D eigenvalue weighted by atomic mass is 10.2. The summed E-state index contributed by atoms with van der Waals surface area (Å²) in [6, 6.07) is 8.89. The summed E-state index contributed by atoms with van der Waals surface area (Å²) in [6.07, 6.45) is 3.50. The van der Waals surface area contributed by atoms with Crippen LogP contribution < -0.4 is 0 Å². The van der Waals surface area contributed by atoms with Crippen LogP contribution in [0, 0.1) is 0 Å². The summed E-state index contributed by atoms with van der Waals surface area (Å²) in [5.74, 6) is 0.103. The van der Waals surface area contributed by atoms with E-state index in [2.05, 4.69) is 4.99 Å². The molecule has 0 atom stereocenters. The fourth-order valence-corrected chi connectivity index (χ4v) is 4.24.